The molecule has 2 aromatic carbocycles. The van der Waals surface area contributed by atoms with E-state index in [1.54, 1.807) is 4.90 Å². The van der Waals surface area contributed by atoms with Crippen molar-refractivity contribution >= 4 is 40.3 Å². The van der Waals surface area contributed by atoms with Gasteiger partial charge in [-0.1, -0.05) is 41.4 Å². The molecule has 6 nitrogen and oxygen atoms in total. The summed E-state index contributed by atoms with van der Waals surface area (Å²) in [7, 11) is 0. The molecule has 0 saturated carbocycles. The number of para-hydroxylation sites is 2. The van der Waals surface area contributed by atoms with Crippen LogP contribution in [0.1, 0.15) is 39.2 Å². The van der Waals surface area contributed by atoms with Crippen LogP contribution >= 0.6 is 23.2 Å². The Morgan fingerprint density at radius 3 is 2.56 bits per heavy atom. The minimum absolute atomic E-state index is 0.187. The van der Waals surface area contributed by atoms with Crippen LogP contribution in [0.3, 0.4) is 0 Å². The molecule has 1 saturated heterocycles. The van der Waals surface area contributed by atoms with Crippen molar-refractivity contribution in [3.63, 3.8) is 0 Å². The summed E-state index contributed by atoms with van der Waals surface area (Å²) >= 11 is 12.9. The second kappa shape index (κ2) is 9.20. The van der Waals surface area contributed by atoms with E-state index < -0.39 is 5.60 Å². The molecular formula is C24H27Cl2N3O3. The molecule has 2 heterocycles. The van der Waals surface area contributed by atoms with Crippen LogP contribution < -0.4 is 4.74 Å². The number of piperidine rings is 1. The standard InChI is InChI=1S/C24H27Cl2N3O3/c1-24(2,3)32-23(30)28-13-7-8-16(14-28)31-22-27-20-11-4-5-12-21(20)29(22)15-17-18(25)9-6-10-19(17)26/h4-6,9-12,16H,7-8,13-15H2,1-3H3. The van der Waals surface area contributed by atoms with Gasteiger partial charge in [-0.2, -0.15) is 4.98 Å². The zero-order chi connectivity index (χ0) is 22.9. The zero-order valence-electron chi connectivity index (χ0n) is 18.5. The van der Waals surface area contributed by atoms with Crippen LogP contribution in [0.4, 0.5) is 4.79 Å². The number of carbonyl (C=O) groups excluding carboxylic acids is 1. The number of rotatable bonds is 4. The number of halogens is 2. The number of amides is 1. The van der Waals surface area contributed by atoms with Gasteiger partial charge >= 0.3 is 6.09 Å². The molecule has 4 rings (SSSR count). The minimum atomic E-state index is -0.535. The molecule has 1 unspecified atom stereocenters. The molecule has 1 aromatic heterocycles. The van der Waals surface area contributed by atoms with Gasteiger partial charge in [0.1, 0.15) is 11.7 Å². The summed E-state index contributed by atoms with van der Waals surface area (Å²) in [5.41, 5.74) is 2.03. The van der Waals surface area contributed by atoms with E-state index in [4.69, 9.17) is 37.7 Å². The van der Waals surface area contributed by atoms with Gasteiger partial charge in [-0.3, -0.25) is 4.57 Å². The predicted molar refractivity (Wildman–Crippen MR) is 127 cm³/mol. The molecule has 0 aliphatic carbocycles. The van der Waals surface area contributed by atoms with Gasteiger partial charge in [0.15, 0.2) is 0 Å². The lowest BCUT2D eigenvalue weighted by atomic mass is 10.1. The number of likely N-dealkylation sites (tertiary alicyclic amines) is 1. The van der Waals surface area contributed by atoms with Crippen LogP contribution in [0.2, 0.25) is 10.0 Å². The third-order valence-electron chi connectivity index (χ3n) is 5.30. The normalized spacial score (nSPS) is 16.9. The van der Waals surface area contributed by atoms with Gasteiger partial charge in [-0.15, -0.1) is 0 Å². The molecule has 3 aromatic rings. The fourth-order valence-corrected chi connectivity index (χ4v) is 4.33. The van der Waals surface area contributed by atoms with Gasteiger partial charge in [0.25, 0.3) is 6.01 Å². The second-order valence-electron chi connectivity index (χ2n) is 8.98. The first-order chi connectivity index (χ1) is 15.2. The topological polar surface area (TPSA) is 56.6 Å². The van der Waals surface area contributed by atoms with Crippen LogP contribution in [-0.4, -0.2) is 45.3 Å². The van der Waals surface area contributed by atoms with Crippen LogP contribution in [-0.2, 0) is 11.3 Å². The van der Waals surface area contributed by atoms with Crippen molar-refractivity contribution in [1.82, 2.24) is 14.5 Å². The van der Waals surface area contributed by atoms with E-state index in [1.165, 1.54) is 0 Å². The summed E-state index contributed by atoms with van der Waals surface area (Å²) in [4.78, 5) is 19.0. The van der Waals surface area contributed by atoms with E-state index >= 15 is 0 Å². The zero-order valence-corrected chi connectivity index (χ0v) is 20.0. The average Bonchev–Trinajstić information content (AvgIpc) is 3.06. The first-order valence-electron chi connectivity index (χ1n) is 10.7. The molecule has 1 atom stereocenters. The fraction of sp³-hybridized carbons (Fsp3) is 0.417. The molecule has 0 radical (unpaired) electrons. The number of carbonyl (C=O) groups is 1. The third kappa shape index (κ3) is 5.13. The van der Waals surface area contributed by atoms with E-state index in [2.05, 4.69) is 0 Å². The molecule has 1 aliphatic rings. The van der Waals surface area contributed by atoms with Gasteiger partial charge in [-0.05, 0) is 57.9 Å². The Balaban J connectivity index is 1.59. The molecule has 1 aliphatic heterocycles. The largest absolute Gasteiger partial charge is 0.459 e. The quantitative estimate of drug-likeness (QED) is 0.452. The Bertz CT molecular complexity index is 1100. The molecular weight excluding hydrogens is 449 g/mol. The summed E-state index contributed by atoms with van der Waals surface area (Å²) in [5, 5.41) is 1.19. The highest BCUT2D eigenvalue weighted by molar-refractivity contribution is 6.36. The van der Waals surface area contributed by atoms with E-state index in [-0.39, 0.29) is 12.2 Å². The average molecular weight is 476 g/mol. The highest BCUT2D eigenvalue weighted by Crippen LogP contribution is 2.30. The maximum absolute atomic E-state index is 12.5. The van der Waals surface area contributed by atoms with Crippen LogP contribution in [0.15, 0.2) is 42.5 Å². The van der Waals surface area contributed by atoms with Gasteiger partial charge < -0.3 is 14.4 Å². The SMILES string of the molecule is CC(C)(C)OC(=O)N1CCCC(Oc2nc3ccccc3n2Cc2c(Cl)cccc2Cl)C1. The number of nitrogens with zero attached hydrogens (tertiary/aromatic N) is 3. The Morgan fingerprint density at radius 1 is 1.12 bits per heavy atom. The summed E-state index contributed by atoms with van der Waals surface area (Å²) in [6, 6.07) is 13.8. The van der Waals surface area contributed by atoms with Crippen molar-refractivity contribution in [3.05, 3.63) is 58.1 Å². The Kier molecular flexibility index (Phi) is 6.54. The fourth-order valence-electron chi connectivity index (χ4n) is 3.81. The first kappa shape index (κ1) is 22.7. The maximum Gasteiger partial charge on any atom is 0.410 e. The number of fused-ring (bicyclic) bond motifs is 1. The van der Waals surface area contributed by atoms with Crippen molar-refractivity contribution in [2.24, 2.45) is 0 Å². The number of ether oxygens (including phenoxy) is 2. The molecule has 0 bridgehead atoms. The molecule has 170 valence electrons. The number of hydrogen-bond acceptors (Lipinski definition) is 4. The van der Waals surface area contributed by atoms with Crippen molar-refractivity contribution < 1.29 is 14.3 Å². The molecule has 32 heavy (non-hydrogen) atoms. The summed E-state index contributed by atoms with van der Waals surface area (Å²) in [6.45, 7) is 7.13. The Hall–Kier alpha value is -2.44. The molecule has 1 amide bonds. The van der Waals surface area contributed by atoms with E-state index in [0.29, 0.717) is 35.7 Å². The van der Waals surface area contributed by atoms with Gasteiger partial charge in [0.05, 0.1) is 24.1 Å². The van der Waals surface area contributed by atoms with Crippen molar-refractivity contribution in [2.75, 3.05) is 13.1 Å². The van der Waals surface area contributed by atoms with Crippen LogP contribution in [0.25, 0.3) is 11.0 Å². The number of benzene rings is 2. The predicted octanol–water partition coefficient (Wildman–Crippen LogP) is 6.17. The number of hydrogen-bond donors (Lipinski definition) is 0. The Morgan fingerprint density at radius 2 is 1.84 bits per heavy atom. The van der Waals surface area contributed by atoms with Crippen LogP contribution in [0, 0.1) is 0 Å². The monoisotopic (exact) mass is 475 g/mol. The summed E-state index contributed by atoms with van der Waals surface area (Å²) in [5.74, 6) is 0. The van der Waals surface area contributed by atoms with Crippen molar-refractivity contribution in [2.45, 2.75) is 51.9 Å². The molecule has 8 heteroatoms. The highest BCUT2D eigenvalue weighted by Gasteiger charge is 2.29. The Labute approximate surface area is 198 Å². The minimum Gasteiger partial charge on any atom is -0.459 e. The van der Waals surface area contributed by atoms with Crippen LogP contribution in [0.5, 0.6) is 6.01 Å². The van der Waals surface area contributed by atoms with E-state index in [1.807, 2.05) is 67.8 Å². The van der Waals surface area contributed by atoms with Crippen molar-refractivity contribution in [3.8, 4) is 6.01 Å². The summed E-state index contributed by atoms with van der Waals surface area (Å²) in [6.07, 6.45) is 1.16. The lowest BCUT2D eigenvalue weighted by Crippen LogP contribution is -2.46. The third-order valence-corrected chi connectivity index (χ3v) is 6.01. The second-order valence-corrected chi connectivity index (χ2v) is 9.79. The number of aromatic nitrogens is 2. The smallest absolute Gasteiger partial charge is 0.410 e. The van der Waals surface area contributed by atoms with E-state index in [9.17, 15) is 4.79 Å². The lowest BCUT2D eigenvalue weighted by molar-refractivity contribution is 0.00626. The van der Waals surface area contributed by atoms with Gasteiger partial charge in [-0.25, -0.2) is 4.79 Å². The molecule has 0 spiro atoms. The van der Waals surface area contributed by atoms with E-state index in [0.717, 1.165) is 29.4 Å². The molecule has 1 fully saturated rings. The van der Waals surface area contributed by atoms with Gasteiger partial charge in [0, 0.05) is 22.2 Å². The highest BCUT2D eigenvalue weighted by atomic mass is 35.5. The molecule has 0 N–H and O–H groups in total. The van der Waals surface area contributed by atoms with Gasteiger partial charge in [0.2, 0.25) is 0 Å². The number of imidazole rings is 1. The lowest BCUT2D eigenvalue weighted by Gasteiger charge is -2.34. The summed E-state index contributed by atoms with van der Waals surface area (Å²) < 4.78 is 13.9. The first-order valence-corrected chi connectivity index (χ1v) is 11.5. The maximum atomic E-state index is 12.5. The van der Waals surface area contributed by atoms with Crippen molar-refractivity contribution in [1.29, 1.82) is 0 Å².